The SMILES string of the molecule is NC1CCC2C3CCC=C3C3(C4=C(CCC=C4)C4CCC=CC43)C2C1. The maximum Gasteiger partial charge on any atom is 0.0264 e. The first-order valence-electron chi connectivity index (χ1n) is 10.8. The summed E-state index contributed by atoms with van der Waals surface area (Å²) in [5, 5.41) is 0. The van der Waals surface area contributed by atoms with Crippen molar-refractivity contribution < 1.29 is 0 Å². The number of hydrogen-bond acceptors (Lipinski definition) is 1. The molecular weight excluding hydrogens is 302 g/mol. The lowest BCUT2D eigenvalue weighted by molar-refractivity contribution is 0.110. The van der Waals surface area contributed by atoms with Crippen LogP contribution in [0, 0.1) is 35.0 Å². The van der Waals surface area contributed by atoms with Crippen molar-refractivity contribution >= 4 is 0 Å². The first-order chi connectivity index (χ1) is 12.3. The quantitative estimate of drug-likeness (QED) is 0.597. The standard InChI is InChI=1S/C24H31N/c25-15-12-13-19-18-8-5-11-22(18)24(23(19)14-15)20-9-3-1-6-16(20)17-7-2-4-10-21(17)24/h3-4,9-11,15-16,18-20,23H,1-2,5-8,12-14,25H2. The Kier molecular flexibility index (Phi) is 3.14. The van der Waals surface area contributed by atoms with Crippen LogP contribution in [-0.4, -0.2) is 6.04 Å². The highest BCUT2D eigenvalue weighted by Crippen LogP contribution is 2.73. The smallest absolute Gasteiger partial charge is 0.0264 e. The zero-order valence-electron chi connectivity index (χ0n) is 15.3. The van der Waals surface area contributed by atoms with Gasteiger partial charge >= 0.3 is 0 Å². The first kappa shape index (κ1) is 15.0. The minimum atomic E-state index is 0.331. The van der Waals surface area contributed by atoms with Gasteiger partial charge in [0.25, 0.3) is 0 Å². The van der Waals surface area contributed by atoms with Crippen LogP contribution in [-0.2, 0) is 0 Å². The lowest BCUT2D eigenvalue weighted by Crippen LogP contribution is -2.43. The van der Waals surface area contributed by atoms with Crippen molar-refractivity contribution in [3.8, 4) is 0 Å². The number of hydrogen-bond donors (Lipinski definition) is 1. The van der Waals surface area contributed by atoms with Crippen LogP contribution in [0.2, 0.25) is 0 Å². The molecule has 2 saturated carbocycles. The van der Waals surface area contributed by atoms with Crippen LogP contribution >= 0.6 is 0 Å². The van der Waals surface area contributed by atoms with E-state index in [1.54, 1.807) is 5.57 Å². The highest BCUT2D eigenvalue weighted by atomic mass is 14.7. The Hall–Kier alpha value is -1.08. The molecule has 132 valence electrons. The molecule has 6 aliphatic rings. The van der Waals surface area contributed by atoms with Crippen molar-refractivity contribution in [3.63, 3.8) is 0 Å². The van der Waals surface area contributed by atoms with Gasteiger partial charge in [0.05, 0.1) is 0 Å². The van der Waals surface area contributed by atoms with Crippen molar-refractivity contribution in [2.45, 2.75) is 63.8 Å². The van der Waals surface area contributed by atoms with Crippen molar-refractivity contribution in [2.24, 2.45) is 40.7 Å². The molecule has 6 aliphatic carbocycles. The van der Waals surface area contributed by atoms with Crippen molar-refractivity contribution in [3.05, 3.63) is 47.1 Å². The highest BCUT2D eigenvalue weighted by Gasteiger charge is 2.66. The molecular formula is C24H31N. The monoisotopic (exact) mass is 333 g/mol. The predicted molar refractivity (Wildman–Crippen MR) is 103 cm³/mol. The summed E-state index contributed by atoms with van der Waals surface area (Å²) >= 11 is 0. The van der Waals surface area contributed by atoms with Gasteiger partial charge in [-0.25, -0.2) is 0 Å². The Balaban J connectivity index is 1.60. The average molecular weight is 334 g/mol. The second kappa shape index (κ2) is 5.22. The van der Waals surface area contributed by atoms with Crippen LogP contribution in [0.5, 0.6) is 0 Å². The molecule has 6 rings (SSSR count). The third-order valence-corrected chi connectivity index (χ3v) is 8.82. The summed E-state index contributed by atoms with van der Waals surface area (Å²) in [5.41, 5.74) is 12.4. The van der Waals surface area contributed by atoms with Crippen LogP contribution in [0.1, 0.15) is 57.8 Å². The molecule has 0 bridgehead atoms. The summed E-state index contributed by atoms with van der Waals surface area (Å²) in [7, 11) is 0. The van der Waals surface area contributed by atoms with Crippen LogP contribution in [0.25, 0.3) is 0 Å². The lowest BCUT2D eigenvalue weighted by atomic mass is 9.58. The first-order valence-corrected chi connectivity index (χ1v) is 10.8. The van der Waals surface area contributed by atoms with Gasteiger partial charge in [0.15, 0.2) is 0 Å². The normalized spacial score (nSPS) is 49.9. The van der Waals surface area contributed by atoms with Gasteiger partial charge in [0, 0.05) is 11.5 Å². The van der Waals surface area contributed by atoms with E-state index in [0.29, 0.717) is 11.5 Å². The molecule has 0 aromatic carbocycles. The van der Waals surface area contributed by atoms with E-state index in [9.17, 15) is 0 Å². The van der Waals surface area contributed by atoms with Crippen LogP contribution in [0.3, 0.4) is 0 Å². The number of allylic oxidation sites excluding steroid dienone is 8. The maximum absolute atomic E-state index is 6.56. The van der Waals surface area contributed by atoms with Gasteiger partial charge in [-0.1, -0.05) is 41.5 Å². The van der Waals surface area contributed by atoms with E-state index >= 15 is 0 Å². The van der Waals surface area contributed by atoms with Gasteiger partial charge in [-0.2, -0.15) is 0 Å². The van der Waals surface area contributed by atoms with E-state index in [-0.39, 0.29) is 0 Å². The molecule has 0 aliphatic heterocycles. The highest BCUT2D eigenvalue weighted by molar-refractivity contribution is 5.55. The van der Waals surface area contributed by atoms with Gasteiger partial charge in [-0.15, -0.1) is 0 Å². The Morgan fingerprint density at radius 2 is 1.88 bits per heavy atom. The predicted octanol–water partition coefficient (Wildman–Crippen LogP) is 5.31. The molecule has 0 radical (unpaired) electrons. The zero-order chi connectivity index (χ0) is 16.6. The van der Waals surface area contributed by atoms with Gasteiger partial charge in [0.2, 0.25) is 0 Å². The van der Waals surface area contributed by atoms with Crippen LogP contribution < -0.4 is 5.73 Å². The van der Waals surface area contributed by atoms with Gasteiger partial charge in [-0.3, -0.25) is 0 Å². The van der Waals surface area contributed by atoms with E-state index in [0.717, 1.165) is 29.6 Å². The summed E-state index contributed by atoms with van der Waals surface area (Å²) in [6.45, 7) is 0. The zero-order valence-corrected chi connectivity index (χ0v) is 15.3. The van der Waals surface area contributed by atoms with Crippen LogP contribution in [0.4, 0.5) is 0 Å². The van der Waals surface area contributed by atoms with E-state index in [2.05, 4.69) is 30.4 Å². The van der Waals surface area contributed by atoms with Gasteiger partial charge in [0.1, 0.15) is 0 Å². The molecule has 2 fully saturated rings. The molecule has 1 heteroatoms. The molecule has 0 aromatic rings. The fraction of sp³-hybridized carbons (Fsp3) is 0.667. The summed E-state index contributed by atoms with van der Waals surface area (Å²) in [6, 6.07) is 0.431. The largest absolute Gasteiger partial charge is 0.328 e. The summed E-state index contributed by atoms with van der Waals surface area (Å²) in [5.74, 6) is 4.14. The molecule has 0 amide bonds. The molecule has 0 aromatic heterocycles. The van der Waals surface area contributed by atoms with Gasteiger partial charge < -0.3 is 5.73 Å². The molecule has 1 nitrogen and oxygen atoms in total. The topological polar surface area (TPSA) is 26.0 Å². The minimum absolute atomic E-state index is 0.331. The Morgan fingerprint density at radius 1 is 0.960 bits per heavy atom. The average Bonchev–Trinajstić information content (AvgIpc) is 3.29. The van der Waals surface area contributed by atoms with Gasteiger partial charge in [-0.05, 0) is 93.0 Å². The van der Waals surface area contributed by atoms with E-state index in [4.69, 9.17) is 5.73 Å². The second-order valence-corrected chi connectivity index (χ2v) is 9.57. The molecule has 25 heavy (non-hydrogen) atoms. The minimum Gasteiger partial charge on any atom is -0.328 e. The lowest BCUT2D eigenvalue weighted by Gasteiger charge is -2.46. The second-order valence-electron chi connectivity index (χ2n) is 9.57. The molecule has 7 unspecified atom stereocenters. The molecule has 2 N–H and O–H groups in total. The Labute approximate surface area is 152 Å². The molecule has 1 spiro atoms. The fourth-order valence-electron chi connectivity index (χ4n) is 8.23. The number of rotatable bonds is 0. The van der Waals surface area contributed by atoms with Crippen molar-refractivity contribution in [2.75, 3.05) is 0 Å². The van der Waals surface area contributed by atoms with Crippen molar-refractivity contribution in [1.29, 1.82) is 0 Å². The third-order valence-electron chi connectivity index (χ3n) is 8.82. The Bertz CT molecular complexity index is 722. The van der Waals surface area contributed by atoms with E-state index in [1.807, 2.05) is 11.1 Å². The summed E-state index contributed by atoms with van der Waals surface area (Å²) in [6.07, 6.45) is 24.8. The summed E-state index contributed by atoms with van der Waals surface area (Å²) < 4.78 is 0. The molecule has 7 atom stereocenters. The van der Waals surface area contributed by atoms with Crippen molar-refractivity contribution in [1.82, 2.24) is 0 Å². The molecule has 0 saturated heterocycles. The van der Waals surface area contributed by atoms with Crippen LogP contribution in [0.15, 0.2) is 47.1 Å². The fourth-order valence-corrected chi connectivity index (χ4v) is 8.23. The number of fused-ring (bicyclic) bond motifs is 9. The molecule has 0 heterocycles. The maximum atomic E-state index is 6.56. The van der Waals surface area contributed by atoms with E-state index < -0.39 is 0 Å². The third kappa shape index (κ3) is 1.74. The van der Waals surface area contributed by atoms with E-state index in [1.165, 1.54) is 57.8 Å². The Morgan fingerprint density at radius 3 is 2.84 bits per heavy atom. The number of nitrogens with two attached hydrogens (primary N) is 1. The summed E-state index contributed by atoms with van der Waals surface area (Å²) in [4.78, 5) is 0.